The zero-order valence-electron chi connectivity index (χ0n) is 13.7. The first-order chi connectivity index (χ1) is 12.0. The number of carboxylic acid groups (broad SMARTS) is 1. The Balaban J connectivity index is 1.69. The smallest absolute Gasteiger partial charge is 0.308 e. The number of fused-ring (bicyclic) bond motifs is 1. The molecule has 0 radical (unpaired) electrons. The number of hydrogen-bond donors (Lipinski definition) is 2. The molecule has 0 aliphatic carbocycles. The third-order valence-corrected chi connectivity index (χ3v) is 4.11. The van der Waals surface area contributed by atoms with E-state index in [1.807, 2.05) is 42.5 Å². The average molecular weight is 338 g/mol. The molecule has 2 aromatic carbocycles. The summed E-state index contributed by atoms with van der Waals surface area (Å²) >= 11 is 0. The van der Waals surface area contributed by atoms with Gasteiger partial charge in [0.05, 0.1) is 5.92 Å². The van der Waals surface area contributed by atoms with Gasteiger partial charge < -0.3 is 14.8 Å². The zero-order valence-corrected chi connectivity index (χ0v) is 13.7. The summed E-state index contributed by atoms with van der Waals surface area (Å²) < 4.78 is 4.99. The summed E-state index contributed by atoms with van der Waals surface area (Å²) in [4.78, 5) is 27.4. The number of carbonyl (C=O) groups excluding carboxylic acids is 1. The summed E-state index contributed by atoms with van der Waals surface area (Å²) in [5, 5.41) is 14.2. The Kier molecular flexibility index (Phi) is 4.79. The van der Waals surface area contributed by atoms with Crippen molar-refractivity contribution < 1.29 is 19.1 Å². The molecule has 128 valence electrons. The van der Waals surface area contributed by atoms with Gasteiger partial charge in [0.2, 0.25) is 0 Å². The fourth-order valence-corrected chi connectivity index (χ4v) is 2.72. The maximum Gasteiger partial charge on any atom is 0.308 e. The van der Waals surface area contributed by atoms with E-state index in [-0.39, 0.29) is 12.2 Å². The molecule has 0 aliphatic rings. The second-order valence-electron chi connectivity index (χ2n) is 5.89. The molecule has 2 N–H and O–H groups in total. The van der Waals surface area contributed by atoms with Gasteiger partial charge in [-0.15, -0.1) is 0 Å². The van der Waals surface area contributed by atoms with E-state index < -0.39 is 17.8 Å². The normalized spacial score (nSPS) is 12.0. The fourth-order valence-electron chi connectivity index (χ4n) is 2.72. The van der Waals surface area contributed by atoms with Crippen LogP contribution >= 0.6 is 0 Å². The van der Waals surface area contributed by atoms with E-state index in [0.29, 0.717) is 12.2 Å². The Morgan fingerprint density at radius 1 is 1.20 bits per heavy atom. The largest absolute Gasteiger partial charge is 0.481 e. The van der Waals surface area contributed by atoms with E-state index in [1.165, 1.54) is 6.39 Å². The van der Waals surface area contributed by atoms with Gasteiger partial charge in [0.1, 0.15) is 5.76 Å². The van der Waals surface area contributed by atoms with Crippen molar-refractivity contribution in [3.8, 4) is 0 Å². The Morgan fingerprint density at radius 2 is 1.96 bits per heavy atom. The second-order valence-corrected chi connectivity index (χ2v) is 5.89. The summed E-state index contributed by atoms with van der Waals surface area (Å²) in [5.74, 6) is -1.71. The van der Waals surface area contributed by atoms with Gasteiger partial charge in [-0.25, -0.2) is 4.98 Å². The van der Waals surface area contributed by atoms with E-state index in [2.05, 4.69) is 10.3 Å². The SMILES string of the molecule is Cc1ocnc1C(=O)NCC(Cc1ccc2ccccc2c1)C(=O)O. The van der Waals surface area contributed by atoms with Crippen LogP contribution in [0.4, 0.5) is 0 Å². The molecule has 3 rings (SSSR count). The van der Waals surface area contributed by atoms with Gasteiger partial charge in [-0.05, 0) is 29.7 Å². The number of aryl methyl sites for hydroxylation is 1. The third kappa shape index (κ3) is 3.85. The lowest BCUT2D eigenvalue weighted by Crippen LogP contribution is -2.34. The van der Waals surface area contributed by atoms with Crippen LogP contribution in [0.1, 0.15) is 21.8 Å². The highest BCUT2D eigenvalue weighted by Gasteiger charge is 2.21. The first kappa shape index (κ1) is 16.7. The van der Waals surface area contributed by atoms with Gasteiger partial charge in [0.25, 0.3) is 5.91 Å². The van der Waals surface area contributed by atoms with Gasteiger partial charge in [-0.1, -0.05) is 42.5 Å². The van der Waals surface area contributed by atoms with Crippen molar-refractivity contribution >= 4 is 22.6 Å². The molecule has 1 heterocycles. The standard InChI is InChI=1S/C19H18N2O4/c1-12-17(21-11-25-12)18(22)20-10-16(19(23)24)9-13-6-7-14-4-2-3-5-15(14)8-13/h2-8,11,16H,9-10H2,1H3,(H,20,22)(H,23,24). The molecule has 0 aliphatic heterocycles. The number of amides is 1. The van der Waals surface area contributed by atoms with Crippen molar-refractivity contribution in [2.75, 3.05) is 6.54 Å². The van der Waals surface area contributed by atoms with Crippen LogP contribution in [-0.2, 0) is 11.2 Å². The van der Waals surface area contributed by atoms with Crippen molar-refractivity contribution in [1.82, 2.24) is 10.3 Å². The van der Waals surface area contributed by atoms with E-state index in [4.69, 9.17) is 4.42 Å². The molecule has 0 fully saturated rings. The predicted molar refractivity (Wildman–Crippen MR) is 92.4 cm³/mol. The second kappa shape index (κ2) is 7.17. The fraction of sp³-hybridized carbons (Fsp3) is 0.211. The molecule has 0 saturated carbocycles. The molecule has 1 amide bonds. The molecule has 0 bridgehead atoms. The number of benzene rings is 2. The molecule has 6 heteroatoms. The number of rotatable bonds is 6. The highest BCUT2D eigenvalue weighted by Crippen LogP contribution is 2.18. The molecule has 25 heavy (non-hydrogen) atoms. The third-order valence-electron chi connectivity index (χ3n) is 4.11. The average Bonchev–Trinajstić information content (AvgIpc) is 3.04. The van der Waals surface area contributed by atoms with E-state index >= 15 is 0 Å². The highest BCUT2D eigenvalue weighted by molar-refractivity contribution is 5.93. The van der Waals surface area contributed by atoms with Crippen molar-refractivity contribution in [2.24, 2.45) is 5.92 Å². The van der Waals surface area contributed by atoms with Crippen LogP contribution in [0.3, 0.4) is 0 Å². The molecule has 3 aromatic rings. The molecule has 0 spiro atoms. The number of hydrogen-bond acceptors (Lipinski definition) is 4. The van der Waals surface area contributed by atoms with Crippen molar-refractivity contribution in [2.45, 2.75) is 13.3 Å². The van der Waals surface area contributed by atoms with Crippen molar-refractivity contribution in [3.63, 3.8) is 0 Å². The van der Waals surface area contributed by atoms with Gasteiger partial charge in [-0.2, -0.15) is 0 Å². The number of aromatic nitrogens is 1. The van der Waals surface area contributed by atoms with Gasteiger partial charge >= 0.3 is 5.97 Å². The van der Waals surface area contributed by atoms with E-state index in [9.17, 15) is 14.7 Å². The molecular formula is C19H18N2O4. The van der Waals surface area contributed by atoms with Crippen LogP contribution < -0.4 is 5.32 Å². The van der Waals surface area contributed by atoms with Crippen molar-refractivity contribution in [3.05, 3.63) is 65.9 Å². The molecule has 1 aromatic heterocycles. The van der Waals surface area contributed by atoms with Gasteiger partial charge in [0, 0.05) is 6.54 Å². The minimum Gasteiger partial charge on any atom is -0.481 e. The Bertz CT molecular complexity index is 916. The maximum absolute atomic E-state index is 12.1. The number of aliphatic carboxylic acids is 1. The minimum atomic E-state index is -0.953. The van der Waals surface area contributed by atoms with Crippen LogP contribution in [0.15, 0.2) is 53.3 Å². The lowest BCUT2D eigenvalue weighted by atomic mass is 9.97. The summed E-state index contributed by atoms with van der Waals surface area (Å²) in [6.07, 6.45) is 1.52. The van der Waals surface area contributed by atoms with E-state index in [1.54, 1.807) is 6.92 Å². The van der Waals surface area contributed by atoms with Crippen LogP contribution in [-0.4, -0.2) is 28.5 Å². The van der Waals surface area contributed by atoms with Gasteiger partial charge in [-0.3, -0.25) is 9.59 Å². The first-order valence-electron chi connectivity index (χ1n) is 7.93. The number of nitrogens with zero attached hydrogens (tertiary/aromatic N) is 1. The predicted octanol–water partition coefficient (Wildman–Crippen LogP) is 2.81. The number of carboxylic acids is 1. The van der Waals surface area contributed by atoms with Gasteiger partial charge in [0.15, 0.2) is 12.1 Å². The molecule has 1 atom stereocenters. The summed E-state index contributed by atoms with van der Waals surface area (Å²) in [6, 6.07) is 13.8. The first-order valence-corrected chi connectivity index (χ1v) is 7.93. The van der Waals surface area contributed by atoms with Crippen LogP contribution in [0.25, 0.3) is 10.8 Å². The number of nitrogens with one attached hydrogen (secondary N) is 1. The Labute approximate surface area is 144 Å². The Morgan fingerprint density at radius 3 is 2.64 bits per heavy atom. The Hall–Kier alpha value is -3.15. The van der Waals surface area contributed by atoms with Crippen molar-refractivity contribution in [1.29, 1.82) is 0 Å². The zero-order chi connectivity index (χ0) is 17.8. The van der Waals surface area contributed by atoms with Crippen LogP contribution in [0, 0.1) is 12.8 Å². The minimum absolute atomic E-state index is 0.0211. The summed E-state index contributed by atoms with van der Waals surface area (Å²) in [5.41, 5.74) is 1.09. The molecular weight excluding hydrogens is 320 g/mol. The molecule has 0 saturated heterocycles. The lowest BCUT2D eigenvalue weighted by Gasteiger charge is -2.13. The monoisotopic (exact) mass is 338 g/mol. The van der Waals surface area contributed by atoms with Crippen LogP contribution in [0.5, 0.6) is 0 Å². The topological polar surface area (TPSA) is 92.4 Å². The van der Waals surface area contributed by atoms with Crippen LogP contribution in [0.2, 0.25) is 0 Å². The molecule has 6 nitrogen and oxygen atoms in total. The number of carbonyl (C=O) groups is 2. The summed E-state index contributed by atoms with van der Waals surface area (Å²) in [7, 11) is 0. The number of oxazole rings is 1. The van der Waals surface area contributed by atoms with E-state index in [0.717, 1.165) is 16.3 Å². The molecule has 1 unspecified atom stereocenters. The lowest BCUT2D eigenvalue weighted by molar-refractivity contribution is -0.141. The maximum atomic E-state index is 12.1. The summed E-state index contributed by atoms with van der Waals surface area (Å²) in [6.45, 7) is 1.65. The quantitative estimate of drug-likeness (QED) is 0.721. The highest BCUT2D eigenvalue weighted by atomic mass is 16.4.